The molecule has 4 fully saturated rings. The van der Waals surface area contributed by atoms with Crippen LogP contribution in [0.25, 0.3) is 67.5 Å². The first-order chi connectivity index (χ1) is 30.9. The first-order valence-corrected chi connectivity index (χ1v) is 22.8. The molecular weight excluding hydrogens is 771 g/mol. The van der Waals surface area contributed by atoms with Crippen molar-refractivity contribution in [2.24, 2.45) is 23.7 Å². The zero-order valence-corrected chi connectivity index (χ0v) is 35.4. The van der Waals surface area contributed by atoms with Crippen molar-refractivity contribution in [2.45, 2.75) is 56.8 Å². The Labute approximate surface area is 367 Å². The van der Waals surface area contributed by atoms with Crippen LogP contribution in [0.2, 0.25) is 0 Å². The van der Waals surface area contributed by atoms with E-state index in [0.717, 1.165) is 56.9 Å². The van der Waals surface area contributed by atoms with Gasteiger partial charge in [0.15, 0.2) is 40.5 Å². The van der Waals surface area contributed by atoms with Crippen molar-refractivity contribution in [2.75, 3.05) is 0 Å². The normalized spacial score (nSPS) is 23.2. The summed E-state index contributed by atoms with van der Waals surface area (Å²) in [5, 5.41) is 0. The molecule has 7 aromatic carbocycles. The van der Waals surface area contributed by atoms with Crippen molar-refractivity contribution in [1.29, 1.82) is 0 Å². The van der Waals surface area contributed by atoms with E-state index in [1.807, 2.05) is 18.2 Å². The van der Waals surface area contributed by atoms with E-state index in [1.165, 1.54) is 76.6 Å². The highest BCUT2D eigenvalue weighted by Crippen LogP contribution is 2.71. The van der Waals surface area contributed by atoms with Gasteiger partial charge in [0, 0.05) is 33.1 Å². The number of fused-ring (bicyclic) bond motifs is 9. The second kappa shape index (κ2) is 12.9. The maximum absolute atomic E-state index is 7.01. The molecule has 0 N–H and O–H groups in total. The number of ether oxygens (including phenoxy) is 2. The summed E-state index contributed by atoms with van der Waals surface area (Å²) in [4.78, 5) is 15.6. The highest BCUT2D eigenvalue weighted by Gasteiger charge is 2.62. The third kappa shape index (κ3) is 4.96. The van der Waals surface area contributed by atoms with Crippen molar-refractivity contribution in [3.05, 3.63) is 174 Å². The van der Waals surface area contributed by atoms with E-state index in [9.17, 15) is 0 Å². The summed E-state index contributed by atoms with van der Waals surface area (Å²) in [6.07, 6.45) is 6.84. The van der Waals surface area contributed by atoms with Crippen LogP contribution in [-0.4, -0.2) is 15.0 Å². The maximum Gasteiger partial charge on any atom is 0.178 e. The van der Waals surface area contributed by atoms with Gasteiger partial charge in [0.05, 0.1) is 0 Å². The first kappa shape index (κ1) is 35.7. The number of nitrogens with zero attached hydrogens (tertiary/aromatic N) is 3. The van der Waals surface area contributed by atoms with Crippen molar-refractivity contribution in [3.63, 3.8) is 0 Å². The van der Waals surface area contributed by atoms with Crippen LogP contribution < -0.4 is 9.47 Å². The van der Waals surface area contributed by atoms with Crippen molar-refractivity contribution >= 4 is 0 Å². The van der Waals surface area contributed by atoms with Gasteiger partial charge in [-0.1, -0.05) is 141 Å². The molecule has 304 valence electrons. The van der Waals surface area contributed by atoms with Gasteiger partial charge in [-0.05, 0) is 130 Å². The van der Waals surface area contributed by atoms with Crippen LogP contribution in [-0.2, 0) is 10.8 Å². The fraction of sp³-hybridized carbons (Fsp3) is 0.224. The lowest BCUT2D eigenvalue weighted by atomic mass is 9.43. The fourth-order valence-corrected chi connectivity index (χ4v) is 13.6. The molecule has 7 aliphatic rings. The van der Waals surface area contributed by atoms with Crippen LogP contribution in [0, 0.1) is 23.7 Å². The molecule has 5 nitrogen and oxygen atoms in total. The average molecular weight is 816 g/mol. The predicted molar refractivity (Wildman–Crippen MR) is 249 cm³/mol. The molecule has 6 aliphatic carbocycles. The molecule has 0 saturated heterocycles. The third-order valence-corrected chi connectivity index (χ3v) is 16.0. The van der Waals surface area contributed by atoms with E-state index < -0.39 is 0 Å². The number of hydrogen-bond donors (Lipinski definition) is 0. The largest absolute Gasteiger partial charge is 0.449 e. The Kier molecular flexibility index (Phi) is 7.29. The lowest BCUT2D eigenvalue weighted by Gasteiger charge is -2.61. The Balaban J connectivity index is 0.857. The summed E-state index contributed by atoms with van der Waals surface area (Å²) in [6, 6.07) is 54.1. The zero-order valence-electron chi connectivity index (χ0n) is 35.4. The molecule has 4 saturated carbocycles. The standard InChI is InChI=1S/C58H45N3O2/c1-57(2)45-18-10-8-15-41(45)44-31-37(20-22-46(44)57)55-59-54(35-12-4-3-5-13-35)60-56(61-55)42-16-7-6-14-40(42)36-21-24-49-51(32-36)62-50-25-23-48-52(53(50)63-49)43-17-9-11-19-47(43)58(48)38-27-33-26-34(29-38)30-39(58)28-33/h3-25,31-34,38-39H,26-30H2,1-2H3. The lowest BCUT2D eigenvalue weighted by molar-refractivity contribution is -0.0399. The van der Waals surface area contributed by atoms with E-state index in [-0.39, 0.29) is 10.8 Å². The molecule has 0 atom stereocenters. The Hall–Kier alpha value is -6.85. The van der Waals surface area contributed by atoms with Gasteiger partial charge in [-0.25, -0.2) is 15.0 Å². The molecule has 63 heavy (non-hydrogen) atoms. The minimum absolute atomic E-state index is 0.0731. The summed E-state index contributed by atoms with van der Waals surface area (Å²) in [5.41, 5.74) is 15.5. The third-order valence-electron chi connectivity index (χ3n) is 16.0. The topological polar surface area (TPSA) is 57.1 Å². The van der Waals surface area contributed by atoms with E-state index in [1.54, 1.807) is 0 Å². The van der Waals surface area contributed by atoms with Crippen molar-refractivity contribution in [1.82, 2.24) is 15.0 Å². The Morgan fingerprint density at radius 3 is 1.78 bits per heavy atom. The molecule has 0 radical (unpaired) electrons. The molecule has 4 bridgehead atoms. The van der Waals surface area contributed by atoms with Gasteiger partial charge in [-0.2, -0.15) is 0 Å². The maximum atomic E-state index is 7.01. The van der Waals surface area contributed by atoms with Crippen LogP contribution in [0.15, 0.2) is 152 Å². The van der Waals surface area contributed by atoms with Gasteiger partial charge in [0.1, 0.15) is 0 Å². The van der Waals surface area contributed by atoms with Crippen LogP contribution in [0.5, 0.6) is 23.0 Å². The van der Waals surface area contributed by atoms with E-state index in [2.05, 4.69) is 147 Å². The van der Waals surface area contributed by atoms with Crippen LogP contribution in [0.4, 0.5) is 0 Å². The van der Waals surface area contributed by atoms with Gasteiger partial charge in [-0.15, -0.1) is 0 Å². The molecule has 1 aromatic heterocycles. The molecule has 0 amide bonds. The highest BCUT2D eigenvalue weighted by molar-refractivity contribution is 5.90. The van der Waals surface area contributed by atoms with Crippen molar-refractivity contribution in [3.8, 4) is 90.5 Å². The van der Waals surface area contributed by atoms with Crippen LogP contribution in [0.1, 0.15) is 68.2 Å². The molecule has 15 rings (SSSR count). The average Bonchev–Trinajstić information content (AvgIpc) is 3.75. The summed E-state index contributed by atoms with van der Waals surface area (Å²) < 4.78 is 13.9. The summed E-state index contributed by atoms with van der Waals surface area (Å²) in [7, 11) is 0. The lowest BCUT2D eigenvalue weighted by Crippen LogP contribution is -2.55. The fourth-order valence-electron chi connectivity index (χ4n) is 13.6. The zero-order chi connectivity index (χ0) is 41.6. The molecular formula is C58H45N3O2. The Morgan fingerprint density at radius 1 is 0.413 bits per heavy atom. The molecule has 8 aromatic rings. The number of benzene rings is 7. The van der Waals surface area contributed by atoms with Gasteiger partial charge < -0.3 is 9.47 Å². The molecule has 1 spiro atoms. The Bertz CT molecular complexity index is 3210. The van der Waals surface area contributed by atoms with Crippen LogP contribution >= 0.6 is 0 Å². The molecule has 0 unspecified atom stereocenters. The first-order valence-electron chi connectivity index (χ1n) is 22.8. The molecule has 5 heteroatoms. The van der Waals surface area contributed by atoms with E-state index >= 15 is 0 Å². The van der Waals surface area contributed by atoms with Gasteiger partial charge >= 0.3 is 0 Å². The quantitative estimate of drug-likeness (QED) is 0.177. The summed E-state index contributed by atoms with van der Waals surface area (Å²) >= 11 is 0. The van der Waals surface area contributed by atoms with Crippen molar-refractivity contribution < 1.29 is 9.47 Å². The highest BCUT2D eigenvalue weighted by atomic mass is 16.6. The minimum Gasteiger partial charge on any atom is -0.449 e. The number of aromatic nitrogens is 3. The van der Waals surface area contributed by atoms with Gasteiger partial charge in [-0.3, -0.25) is 0 Å². The molecule has 2 heterocycles. The smallest absolute Gasteiger partial charge is 0.178 e. The summed E-state index contributed by atoms with van der Waals surface area (Å²) in [5.74, 6) is 8.13. The minimum atomic E-state index is -0.0861. The van der Waals surface area contributed by atoms with E-state index in [0.29, 0.717) is 35.1 Å². The number of hydrogen-bond acceptors (Lipinski definition) is 5. The number of rotatable bonds is 4. The van der Waals surface area contributed by atoms with Gasteiger partial charge in [0.25, 0.3) is 0 Å². The predicted octanol–water partition coefficient (Wildman–Crippen LogP) is 14.5. The molecule has 1 aliphatic heterocycles. The second-order valence-corrected chi connectivity index (χ2v) is 19.5. The summed E-state index contributed by atoms with van der Waals surface area (Å²) in [6.45, 7) is 4.61. The van der Waals surface area contributed by atoms with Crippen LogP contribution in [0.3, 0.4) is 0 Å². The SMILES string of the molecule is CC1(C)c2ccccc2-c2cc(-c3nc(-c4ccccc4)nc(-c4ccccc4-c4ccc5c(c4)Oc4ccc6c(c4O5)-c4ccccc4C64C5CC6CC(C5)CC4C6)n3)ccc21. The second-order valence-electron chi connectivity index (χ2n) is 19.5. The Morgan fingerprint density at radius 2 is 1.00 bits per heavy atom. The van der Waals surface area contributed by atoms with E-state index in [4.69, 9.17) is 24.4 Å². The monoisotopic (exact) mass is 815 g/mol. The van der Waals surface area contributed by atoms with Gasteiger partial charge in [0.2, 0.25) is 0 Å².